The second-order valence-corrected chi connectivity index (χ2v) is 10.6. The van der Waals surface area contributed by atoms with E-state index in [2.05, 4.69) is 17.1 Å². The molecule has 0 radical (unpaired) electrons. The summed E-state index contributed by atoms with van der Waals surface area (Å²) in [7, 11) is 3.03. The molecule has 0 atom stereocenters. The van der Waals surface area contributed by atoms with Crippen molar-refractivity contribution in [1.29, 1.82) is 0 Å². The summed E-state index contributed by atoms with van der Waals surface area (Å²) in [6.45, 7) is 2.15. The van der Waals surface area contributed by atoms with Crippen LogP contribution in [0.5, 0.6) is 5.75 Å². The molecule has 3 rings (SSSR count). The van der Waals surface area contributed by atoms with Gasteiger partial charge in [0.15, 0.2) is 0 Å². The van der Waals surface area contributed by atoms with E-state index in [1.807, 2.05) is 30.3 Å². The van der Waals surface area contributed by atoms with Gasteiger partial charge < -0.3 is 19.3 Å². The fraction of sp³-hybridized carbons (Fsp3) is 0.364. The number of aryl methyl sites for hydroxylation is 1. The van der Waals surface area contributed by atoms with Crippen LogP contribution < -0.4 is 4.74 Å². The highest BCUT2D eigenvalue weighted by molar-refractivity contribution is 7.98. The third-order valence-corrected chi connectivity index (χ3v) is 7.62. The molecular weight excluding hydrogens is 538 g/mol. The Kier molecular flexibility index (Phi) is 13.3. The summed E-state index contributed by atoms with van der Waals surface area (Å²) in [5, 5.41) is 10.6. The van der Waals surface area contributed by atoms with Crippen molar-refractivity contribution < 1.29 is 28.9 Å². The van der Waals surface area contributed by atoms with Crippen molar-refractivity contribution in [3.8, 4) is 5.75 Å². The van der Waals surface area contributed by atoms with E-state index >= 15 is 0 Å². The first-order valence-electron chi connectivity index (χ1n) is 13.9. The number of benzene rings is 2. The van der Waals surface area contributed by atoms with Crippen LogP contribution in [0.1, 0.15) is 72.6 Å². The number of hydrogen-bond acceptors (Lipinski definition) is 7. The number of carbonyl (C=O) groups is 2. The van der Waals surface area contributed by atoms with E-state index in [0.717, 1.165) is 43.4 Å². The van der Waals surface area contributed by atoms with E-state index in [-0.39, 0.29) is 11.5 Å². The van der Waals surface area contributed by atoms with Gasteiger partial charge in [0, 0.05) is 5.75 Å². The smallest absolute Gasteiger partial charge is 0.341 e. The van der Waals surface area contributed by atoms with E-state index in [1.54, 1.807) is 38.3 Å². The van der Waals surface area contributed by atoms with Crippen LogP contribution in [0, 0.1) is 0 Å². The number of nitrogens with zero attached hydrogens (tertiary/aromatic N) is 1. The van der Waals surface area contributed by atoms with Crippen molar-refractivity contribution >= 4 is 29.3 Å². The highest BCUT2D eigenvalue weighted by atomic mass is 32.2. The monoisotopic (exact) mass is 577 g/mol. The van der Waals surface area contributed by atoms with Gasteiger partial charge in [0.25, 0.3) is 0 Å². The van der Waals surface area contributed by atoms with Crippen LogP contribution >= 0.6 is 11.8 Å². The molecule has 7 nitrogen and oxygen atoms in total. The Balaban J connectivity index is 1.43. The van der Waals surface area contributed by atoms with Crippen LogP contribution in [-0.4, -0.2) is 42.9 Å². The maximum atomic E-state index is 12.1. The van der Waals surface area contributed by atoms with Gasteiger partial charge >= 0.3 is 11.9 Å². The molecule has 0 spiro atoms. The van der Waals surface area contributed by atoms with Gasteiger partial charge in [-0.3, -0.25) is 0 Å². The number of carboxylic acids is 1. The predicted molar refractivity (Wildman–Crippen MR) is 162 cm³/mol. The third-order valence-electron chi connectivity index (χ3n) is 6.62. The molecule has 2 aromatic carbocycles. The quantitative estimate of drug-likeness (QED) is 0.0577. The molecule has 0 aliphatic rings. The van der Waals surface area contributed by atoms with Crippen molar-refractivity contribution in [3.63, 3.8) is 0 Å². The zero-order chi connectivity index (χ0) is 29.5. The fourth-order valence-electron chi connectivity index (χ4n) is 4.37. The largest absolute Gasteiger partial charge is 0.497 e. The first kappa shape index (κ1) is 31.7. The topological polar surface area (TPSA) is 95.0 Å². The molecule has 0 aliphatic carbocycles. The molecule has 0 aliphatic heterocycles. The Morgan fingerprint density at radius 1 is 0.854 bits per heavy atom. The molecule has 0 amide bonds. The van der Waals surface area contributed by atoms with Crippen LogP contribution in [-0.2, 0) is 26.4 Å². The number of aromatic nitrogens is 1. The van der Waals surface area contributed by atoms with E-state index in [4.69, 9.17) is 14.2 Å². The molecule has 1 aromatic heterocycles. The van der Waals surface area contributed by atoms with E-state index in [0.29, 0.717) is 34.4 Å². The van der Waals surface area contributed by atoms with Crippen molar-refractivity contribution in [2.24, 2.45) is 0 Å². The lowest BCUT2D eigenvalue weighted by Crippen LogP contribution is -2.07. The predicted octanol–water partition coefficient (Wildman–Crippen LogP) is 7.58. The number of pyridine rings is 1. The number of rotatable bonds is 17. The number of carbonyl (C=O) groups excluding carboxylic acids is 1. The first-order chi connectivity index (χ1) is 19.9. The molecule has 0 fully saturated rings. The summed E-state index contributed by atoms with van der Waals surface area (Å²) >= 11 is 1.46. The van der Waals surface area contributed by atoms with E-state index in [1.165, 1.54) is 37.3 Å². The van der Waals surface area contributed by atoms with Crippen LogP contribution in [0.15, 0.2) is 77.5 Å². The number of thioether (sulfide) groups is 1. The second-order valence-electron chi connectivity index (χ2n) is 9.65. The number of unbranched alkanes of at least 4 members (excludes halogenated alkanes) is 5. The number of carboxylic acid groups (broad SMARTS) is 1. The number of methoxy groups -OCH3 is 2. The Morgan fingerprint density at radius 3 is 2.27 bits per heavy atom. The van der Waals surface area contributed by atoms with Gasteiger partial charge in [-0.05, 0) is 73.7 Å². The Labute approximate surface area is 246 Å². The lowest BCUT2D eigenvalue weighted by Gasteiger charge is -2.11. The standard InChI is InChI=1S/C33H39NO6S/c1-24(40-21-9-7-5-4-6-8-12-25-17-19-28(38-2)20-18-25)31(32(35)36)29-15-11-16-30(34-29)41-23-26-13-10-14-27(22-26)33(37)39-3/h10-11,13-20,22H,4-9,12,21,23H2,1-3H3,(H,35,36). The molecule has 8 heteroatoms. The van der Waals surface area contributed by atoms with Crippen LogP contribution in [0.3, 0.4) is 0 Å². The zero-order valence-electron chi connectivity index (χ0n) is 24.1. The van der Waals surface area contributed by atoms with Crippen LogP contribution in [0.4, 0.5) is 0 Å². The zero-order valence-corrected chi connectivity index (χ0v) is 24.9. The molecule has 0 bridgehead atoms. The highest BCUT2D eigenvalue weighted by Gasteiger charge is 2.18. The van der Waals surface area contributed by atoms with Crippen LogP contribution in [0.2, 0.25) is 0 Å². The normalized spacial score (nSPS) is 11.5. The van der Waals surface area contributed by atoms with Gasteiger partial charge in [-0.25, -0.2) is 14.6 Å². The summed E-state index contributed by atoms with van der Waals surface area (Å²) in [6, 6.07) is 20.8. The number of esters is 1. The SMILES string of the molecule is COC(=O)c1cccc(CSc2cccc(C(C(=O)O)=C(C)OCCCCCCCCc3ccc(OC)cc3)n2)c1. The molecular formula is C33H39NO6S. The van der Waals surface area contributed by atoms with Gasteiger partial charge in [-0.15, -0.1) is 11.8 Å². The van der Waals surface area contributed by atoms with Gasteiger partial charge in [0.1, 0.15) is 17.1 Å². The average Bonchev–Trinajstić information content (AvgIpc) is 2.99. The van der Waals surface area contributed by atoms with Crippen molar-refractivity contribution in [2.75, 3.05) is 20.8 Å². The maximum Gasteiger partial charge on any atom is 0.341 e. The Hall–Kier alpha value is -3.78. The van der Waals surface area contributed by atoms with Crippen molar-refractivity contribution in [3.05, 3.63) is 94.9 Å². The summed E-state index contributed by atoms with van der Waals surface area (Å²) in [4.78, 5) is 28.5. The molecule has 0 saturated carbocycles. The molecule has 1 heterocycles. The molecule has 3 aromatic rings. The molecule has 0 unspecified atom stereocenters. The average molecular weight is 578 g/mol. The van der Waals surface area contributed by atoms with E-state index < -0.39 is 5.97 Å². The second kappa shape index (κ2) is 17.1. The molecule has 0 saturated heterocycles. The maximum absolute atomic E-state index is 12.1. The van der Waals surface area contributed by atoms with Crippen molar-refractivity contribution in [1.82, 2.24) is 4.98 Å². The molecule has 218 valence electrons. The summed E-state index contributed by atoms with van der Waals surface area (Å²) in [6.07, 6.45) is 7.64. The van der Waals surface area contributed by atoms with Gasteiger partial charge in [0.05, 0.1) is 37.1 Å². The minimum Gasteiger partial charge on any atom is -0.497 e. The summed E-state index contributed by atoms with van der Waals surface area (Å²) in [5.74, 6) is 0.364. The molecule has 41 heavy (non-hydrogen) atoms. The lowest BCUT2D eigenvalue weighted by molar-refractivity contribution is -0.130. The number of allylic oxidation sites excluding steroid dienone is 1. The van der Waals surface area contributed by atoms with Crippen LogP contribution in [0.25, 0.3) is 5.57 Å². The lowest BCUT2D eigenvalue weighted by atomic mass is 10.0. The Morgan fingerprint density at radius 2 is 1.56 bits per heavy atom. The molecule has 1 N–H and O–H groups in total. The minimum absolute atomic E-state index is 0.0682. The van der Waals surface area contributed by atoms with Crippen molar-refractivity contribution in [2.45, 2.75) is 62.6 Å². The fourth-order valence-corrected chi connectivity index (χ4v) is 5.20. The minimum atomic E-state index is -1.07. The highest BCUT2D eigenvalue weighted by Crippen LogP contribution is 2.25. The van der Waals surface area contributed by atoms with Gasteiger partial charge in [-0.2, -0.15) is 0 Å². The number of aliphatic carboxylic acids is 1. The van der Waals surface area contributed by atoms with Gasteiger partial charge in [0.2, 0.25) is 0 Å². The third kappa shape index (κ3) is 10.6. The van der Waals surface area contributed by atoms with E-state index in [9.17, 15) is 14.7 Å². The number of hydrogen-bond donors (Lipinski definition) is 1. The Bertz CT molecular complexity index is 1310. The number of ether oxygens (including phenoxy) is 3. The first-order valence-corrected chi connectivity index (χ1v) is 14.9. The summed E-state index contributed by atoms with van der Waals surface area (Å²) in [5.41, 5.74) is 3.19. The van der Waals surface area contributed by atoms with Gasteiger partial charge in [-0.1, -0.05) is 56.0 Å². The summed E-state index contributed by atoms with van der Waals surface area (Å²) < 4.78 is 15.8.